The topological polar surface area (TPSA) is 43.7 Å². The molecule has 0 atom stereocenters. The normalized spacial score (nSPS) is 15.0. The molecule has 0 spiro atoms. The van der Waals surface area contributed by atoms with E-state index in [9.17, 15) is 4.39 Å². The van der Waals surface area contributed by atoms with E-state index in [0.717, 1.165) is 24.9 Å². The average Bonchev–Trinajstić information content (AvgIpc) is 3.17. The highest BCUT2D eigenvalue weighted by molar-refractivity contribution is 6.58. The van der Waals surface area contributed by atoms with Gasteiger partial charge in [0.15, 0.2) is 0 Å². The van der Waals surface area contributed by atoms with Crippen LogP contribution in [-0.4, -0.2) is 34.7 Å². The molecule has 1 aromatic carbocycles. The van der Waals surface area contributed by atoms with Crippen LogP contribution in [0.2, 0.25) is 0 Å². The van der Waals surface area contributed by atoms with Gasteiger partial charge in [-0.05, 0) is 49.0 Å². The number of hydrogen-bond acceptors (Lipinski definition) is 3. The van der Waals surface area contributed by atoms with Crippen LogP contribution in [0.15, 0.2) is 18.2 Å². The molecule has 1 aliphatic carbocycles. The zero-order valence-corrected chi connectivity index (χ0v) is 11.3. The number of hydrogen-bond donors (Lipinski definition) is 2. The van der Waals surface area contributed by atoms with Crippen molar-refractivity contribution in [3.8, 4) is 0 Å². The minimum Gasteiger partial charge on any atom is -0.423 e. The molecule has 1 aromatic rings. The summed E-state index contributed by atoms with van der Waals surface area (Å²) in [5, 5.41) is 18.3. The fourth-order valence-electron chi connectivity index (χ4n) is 2.34. The molecule has 0 aliphatic heterocycles. The zero-order valence-electron chi connectivity index (χ0n) is 11.3. The van der Waals surface area contributed by atoms with Crippen LogP contribution in [0.1, 0.15) is 38.2 Å². The van der Waals surface area contributed by atoms with Gasteiger partial charge in [0, 0.05) is 12.6 Å². The molecule has 0 saturated heterocycles. The summed E-state index contributed by atoms with van der Waals surface area (Å²) >= 11 is 0. The van der Waals surface area contributed by atoms with Crippen molar-refractivity contribution in [2.24, 2.45) is 0 Å². The maximum atomic E-state index is 13.5. The number of benzene rings is 1. The smallest absolute Gasteiger partial charge is 0.423 e. The second kappa shape index (κ2) is 6.50. The Morgan fingerprint density at radius 3 is 2.63 bits per heavy atom. The summed E-state index contributed by atoms with van der Waals surface area (Å²) in [6.45, 7) is 3.87. The molecular formula is C14H21BFNO2. The van der Waals surface area contributed by atoms with Gasteiger partial charge < -0.3 is 10.0 Å². The van der Waals surface area contributed by atoms with E-state index in [2.05, 4.69) is 11.8 Å². The van der Waals surface area contributed by atoms with Crippen LogP contribution in [0.4, 0.5) is 4.39 Å². The van der Waals surface area contributed by atoms with E-state index >= 15 is 0 Å². The lowest BCUT2D eigenvalue weighted by Gasteiger charge is -2.22. The molecule has 1 saturated carbocycles. The summed E-state index contributed by atoms with van der Waals surface area (Å²) in [7, 11) is -1.61. The number of nitrogens with zero attached hydrogens (tertiary/aromatic N) is 1. The first kappa shape index (κ1) is 14.5. The molecule has 1 aliphatic rings. The Bertz CT molecular complexity index is 424. The number of rotatable bonds is 7. The van der Waals surface area contributed by atoms with Crippen LogP contribution < -0.4 is 5.46 Å². The van der Waals surface area contributed by atoms with Crippen LogP contribution in [0, 0.1) is 5.82 Å². The molecule has 2 N–H and O–H groups in total. The Labute approximate surface area is 114 Å². The zero-order chi connectivity index (χ0) is 13.8. The second-order valence-electron chi connectivity index (χ2n) is 5.32. The summed E-state index contributed by atoms with van der Waals surface area (Å²) in [6.07, 6.45) is 4.72. The Morgan fingerprint density at radius 2 is 2.05 bits per heavy atom. The molecule has 0 bridgehead atoms. The second-order valence-corrected chi connectivity index (χ2v) is 5.32. The maximum Gasteiger partial charge on any atom is 0.488 e. The van der Waals surface area contributed by atoms with E-state index in [1.807, 2.05) is 0 Å². The van der Waals surface area contributed by atoms with E-state index in [-0.39, 0.29) is 5.46 Å². The molecule has 0 heterocycles. The Kier molecular flexibility index (Phi) is 4.96. The molecule has 104 valence electrons. The van der Waals surface area contributed by atoms with Crippen molar-refractivity contribution in [3.05, 3.63) is 29.6 Å². The lowest BCUT2D eigenvalue weighted by atomic mass is 9.79. The molecule has 3 nitrogen and oxygen atoms in total. The van der Waals surface area contributed by atoms with Gasteiger partial charge in [0.2, 0.25) is 0 Å². The SMILES string of the molecule is CCCCN(Cc1cc(F)cc(B(O)O)c1)C1CC1. The van der Waals surface area contributed by atoms with Crippen LogP contribution in [0.5, 0.6) is 0 Å². The number of halogens is 1. The van der Waals surface area contributed by atoms with E-state index in [1.54, 1.807) is 6.07 Å². The van der Waals surface area contributed by atoms with Gasteiger partial charge in [-0.3, -0.25) is 4.90 Å². The summed E-state index contributed by atoms with van der Waals surface area (Å²) in [5.41, 5.74) is 1.03. The van der Waals surface area contributed by atoms with Crippen LogP contribution in [0.3, 0.4) is 0 Å². The molecule has 0 radical (unpaired) electrons. The summed E-state index contributed by atoms with van der Waals surface area (Å²) < 4.78 is 13.5. The number of unbranched alkanes of at least 4 members (excludes halogenated alkanes) is 1. The quantitative estimate of drug-likeness (QED) is 0.730. The molecule has 0 aromatic heterocycles. The fourth-order valence-corrected chi connectivity index (χ4v) is 2.34. The summed E-state index contributed by atoms with van der Waals surface area (Å²) in [4.78, 5) is 2.37. The highest BCUT2D eigenvalue weighted by Gasteiger charge is 2.28. The Balaban J connectivity index is 2.07. The lowest BCUT2D eigenvalue weighted by Crippen LogP contribution is -2.32. The van der Waals surface area contributed by atoms with E-state index < -0.39 is 12.9 Å². The molecule has 1 fully saturated rings. The Morgan fingerprint density at radius 1 is 1.32 bits per heavy atom. The summed E-state index contributed by atoms with van der Waals surface area (Å²) in [6, 6.07) is 4.95. The van der Waals surface area contributed by atoms with Crippen molar-refractivity contribution in [1.82, 2.24) is 4.90 Å². The minimum atomic E-state index is -1.61. The highest BCUT2D eigenvalue weighted by Crippen LogP contribution is 2.28. The molecular weight excluding hydrogens is 244 g/mol. The van der Waals surface area contributed by atoms with Crippen molar-refractivity contribution in [2.75, 3.05) is 6.54 Å². The van der Waals surface area contributed by atoms with Gasteiger partial charge in [0.25, 0.3) is 0 Å². The first-order valence-corrected chi connectivity index (χ1v) is 6.99. The summed E-state index contributed by atoms with van der Waals surface area (Å²) in [5.74, 6) is -0.410. The predicted octanol–water partition coefficient (Wildman–Crippen LogP) is 1.27. The standard InChI is InChI=1S/C14H21BFNO2/c1-2-3-6-17(14-4-5-14)10-11-7-12(15(18)19)9-13(16)8-11/h7-9,14,18-19H,2-6,10H2,1H3. The molecule has 19 heavy (non-hydrogen) atoms. The van der Waals surface area contributed by atoms with E-state index in [4.69, 9.17) is 10.0 Å². The van der Waals surface area contributed by atoms with Crippen LogP contribution >= 0.6 is 0 Å². The monoisotopic (exact) mass is 265 g/mol. The molecule has 0 amide bonds. The van der Waals surface area contributed by atoms with E-state index in [1.165, 1.54) is 25.0 Å². The fraction of sp³-hybridized carbons (Fsp3) is 0.571. The predicted molar refractivity (Wildman–Crippen MR) is 74.6 cm³/mol. The van der Waals surface area contributed by atoms with Crippen molar-refractivity contribution < 1.29 is 14.4 Å². The maximum absolute atomic E-state index is 13.5. The highest BCUT2D eigenvalue weighted by atomic mass is 19.1. The molecule has 0 unspecified atom stereocenters. The van der Waals surface area contributed by atoms with Crippen LogP contribution in [0.25, 0.3) is 0 Å². The molecule has 2 rings (SSSR count). The van der Waals surface area contributed by atoms with Crippen molar-refractivity contribution in [1.29, 1.82) is 0 Å². The first-order chi connectivity index (χ1) is 9.10. The van der Waals surface area contributed by atoms with Gasteiger partial charge in [0.05, 0.1) is 0 Å². The van der Waals surface area contributed by atoms with Crippen molar-refractivity contribution in [2.45, 2.75) is 45.2 Å². The van der Waals surface area contributed by atoms with Gasteiger partial charge >= 0.3 is 7.12 Å². The van der Waals surface area contributed by atoms with Gasteiger partial charge in [-0.2, -0.15) is 0 Å². The third-order valence-electron chi connectivity index (χ3n) is 3.53. The van der Waals surface area contributed by atoms with E-state index in [0.29, 0.717) is 12.6 Å². The van der Waals surface area contributed by atoms with Crippen LogP contribution in [-0.2, 0) is 6.54 Å². The minimum absolute atomic E-state index is 0.223. The van der Waals surface area contributed by atoms with Gasteiger partial charge in [-0.1, -0.05) is 19.4 Å². The van der Waals surface area contributed by atoms with Gasteiger partial charge in [-0.15, -0.1) is 0 Å². The largest absolute Gasteiger partial charge is 0.488 e. The van der Waals surface area contributed by atoms with Crippen molar-refractivity contribution >= 4 is 12.6 Å². The lowest BCUT2D eigenvalue weighted by molar-refractivity contribution is 0.250. The van der Waals surface area contributed by atoms with Gasteiger partial charge in [0.1, 0.15) is 5.82 Å². The molecule has 5 heteroatoms. The third kappa shape index (κ3) is 4.30. The third-order valence-corrected chi connectivity index (χ3v) is 3.53. The van der Waals surface area contributed by atoms with Gasteiger partial charge in [-0.25, -0.2) is 4.39 Å². The first-order valence-electron chi connectivity index (χ1n) is 6.99. The Hall–Kier alpha value is -0.905. The van der Waals surface area contributed by atoms with Crippen molar-refractivity contribution in [3.63, 3.8) is 0 Å². The average molecular weight is 265 g/mol.